The van der Waals surface area contributed by atoms with Crippen LogP contribution in [0.5, 0.6) is 5.75 Å². The van der Waals surface area contributed by atoms with Gasteiger partial charge in [-0.1, -0.05) is 30.7 Å². The topological polar surface area (TPSA) is 75.7 Å². The highest BCUT2D eigenvalue weighted by Crippen LogP contribution is 2.30. The predicted molar refractivity (Wildman–Crippen MR) is 114 cm³/mol. The first kappa shape index (κ1) is 21.3. The van der Waals surface area contributed by atoms with E-state index in [2.05, 4.69) is 5.32 Å². The van der Waals surface area contributed by atoms with E-state index < -0.39 is 10.0 Å². The van der Waals surface area contributed by atoms with Gasteiger partial charge in [0.15, 0.2) is 0 Å². The molecule has 0 bridgehead atoms. The molecular formula is C22H28N2O4S. The zero-order valence-electron chi connectivity index (χ0n) is 17.0. The average molecular weight is 417 g/mol. The average Bonchev–Trinajstić information content (AvgIpc) is 2.72. The largest absolute Gasteiger partial charge is 0.492 e. The van der Waals surface area contributed by atoms with Crippen molar-refractivity contribution in [1.82, 2.24) is 4.31 Å². The number of carbonyl (C=O) groups is 1. The smallest absolute Gasteiger partial charge is 0.243 e. The van der Waals surface area contributed by atoms with Gasteiger partial charge in [-0.25, -0.2) is 8.42 Å². The van der Waals surface area contributed by atoms with E-state index in [0.717, 1.165) is 30.4 Å². The summed E-state index contributed by atoms with van der Waals surface area (Å²) < 4.78 is 33.1. The molecule has 0 aromatic heterocycles. The summed E-state index contributed by atoms with van der Waals surface area (Å²) in [6.07, 6.45) is 3.00. The zero-order valence-corrected chi connectivity index (χ0v) is 17.8. The van der Waals surface area contributed by atoms with E-state index in [1.807, 2.05) is 38.1 Å². The molecule has 1 saturated heterocycles. The maximum Gasteiger partial charge on any atom is 0.243 e. The van der Waals surface area contributed by atoms with E-state index in [1.165, 1.54) is 10.4 Å². The maximum atomic E-state index is 13.0. The number of piperidine rings is 1. The van der Waals surface area contributed by atoms with Crippen molar-refractivity contribution in [2.75, 3.05) is 25.0 Å². The molecule has 0 spiro atoms. The Balaban J connectivity index is 1.85. The lowest BCUT2D eigenvalue weighted by Gasteiger charge is -2.26. The minimum absolute atomic E-state index is 0.175. The normalized spacial score (nSPS) is 15.1. The van der Waals surface area contributed by atoms with E-state index in [0.29, 0.717) is 31.1 Å². The standard InChI is InChI=1S/C22H28N2O4S/c1-3-28-21-12-11-19(29(26,27)24-13-7-4-8-14-24)16-20(21)23-22(25)15-18-10-6-5-9-17(18)2/h5-6,9-12,16H,3-4,7-8,13-15H2,1-2H3,(H,23,25). The molecule has 29 heavy (non-hydrogen) atoms. The van der Waals surface area contributed by atoms with Crippen molar-refractivity contribution >= 4 is 21.6 Å². The molecule has 0 saturated carbocycles. The Hall–Kier alpha value is -2.38. The number of nitrogens with one attached hydrogen (secondary N) is 1. The Bertz CT molecular complexity index is 967. The van der Waals surface area contributed by atoms with Gasteiger partial charge in [0.05, 0.1) is 23.6 Å². The highest BCUT2D eigenvalue weighted by molar-refractivity contribution is 7.89. The van der Waals surface area contributed by atoms with Crippen LogP contribution >= 0.6 is 0 Å². The fourth-order valence-corrected chi connectivity index (χ4v) is 5.02. The Labute approximate surface area is 172 Å². The molecule has 0 radical (unpaired) electrons. The second-order valence-electron chi connectivity index (χ2n) is 7.21. The van der Waals surface area contributed by atoms with Crippen LogP contribution in [0.3, 0.4) is 0 Å². The van der Waals surface area contributed by atoms with Crippen LogP contribution in [-0.4, -0.2) is 38.3 Å². The van der Waals surface area contributed by atoms with Gasteiger partial charge in [0.1, 0.15) is 5.75 Å². The molecule has 0 atom stereocenters. The number of amides is 1. The molecule has 156 valence electrons. The van der Waals surface area contributed by atoms with Crippen molar-refractivity contribution in [2.45, 2.75) is 44.4 Å². The van der Waals surface area contributed by atoms with Crippen molar-refractivity contribution in [1.29, 1.82) is 0 Å². The van der Waals surface area contributed by atoms with Crippen LogP contribution < -0.4 is 10.1 Å². The second kappa shape index (κ2) is 9.41. The number of ether oxygens (including phenoxy) is 1. The van der Waals surface area contributed by atoms with Gasteiger partial charge in [-0.15, -0.1) is 0 Å². The Kier molecular flexibility index (Phi) is 6.92. The van der Waals surface area contributed by atoms with Crippen LogP contribution in [0.25, 0.3) is 0 Å². The molecule has 7 heteroatoms. The van der Waals surface area contributed by atoms with Gasteiger partial charge in [0.2, 0.25) is 15.9 Å². The Morgan fingerprint density at radius 2 is 1.83 bits per heavy atom. The highest BCUT2D eigenvalue weighted by atomic mass is 32.2. The summed E-state index contributed by atoms with van der Waals surface area (Å²) in [5, 5.41) is 2.84. The number of hydrogen-bond donors (Lipinski definition) is 1. The monoisotopic (exact) mass is 416 g/mol. The lowest BCUT2D eigenvalue weighted by atomic mass is 10.1. The molecule has 2 aromatic carbocycles. The number of anilines is 1. The number of benzene rings is 2. The molecule has 1 aliphatic rings. The molecule has 1 fully saturated rings. The maximum absolute atomic E-state index is 13.0. The fraction of sp³-hybridized carbons (Fsp3) is 0.409. The molecule has 2 aromatic rings. The number of nitrogens with zero attached hydrogens (tertiary/aromatic N) is 1. The van der Waals surface area contributed by atoms with Crippen molar-refractivity contribution in [2.24, 2.45) is 0 Å². The number of aryl methyl sites for hydroxylation is 1. The molecule has 1 heterocycles. The van der Waals surface area contributed by atoms with E-state index in [1.54, 1.807) is 12.1 Å². The fourth-order valence-electron chi connectivity index (χ4n) is 3.48. The SMILES string of the molecule is CCOc1ccc(S(=O)(=O)N2CCCCC2)cc1NC(=O)Cc1ccccc1C. The summed E-state index contributed by atoms with van der Waals surface area (Å²) in [4.78, 5) is 12.8. The van der Waals surface area contributed by atoms with E-state index in [-0.39, 0.29) is 17.2 Å². The van der Waals surface area contributed by atoms with Crippen molar-refractivity contribution in [3.8, 4) is 5.75 Å². The third-order valence-electron chi connectivity index (χ3n) is 5.09. The lowest BCUT2D eigenvalue weighted by molar-refractivity contribution is -0.115. The quantitative estimate of drug-likeness (QED) is 0.746. The summed E-state index contributed by atoms with van der Waals surface area (Å²) in [6.45, 7) is 5.28. The highest BCUT2D eigenvalue weighted by Gasteiger charge is 2.27. The van der Waals surface area contributed by atoms with Gasteiger partial charge in [0, 0.05) is 13.1 Å². The molecular weight excluding hydrogens is 388 g/mol. The van der Waals surface area contributed by atoms with Crippen molar-refractivity contribution in [3.05, 3.63) is 53.6 Å². The molecule has 3 rings (SSSR count). The van der Waals surface area contributed by atoms with E-state index in [4.69, 9.17) is 4.74 Å². The summed E-state index contributed by atoms with van der Waals surface area (Å²) in [5.74, 6) is 0.246. The number of carbonyl (C=O) groups excluding carboxylic acids is 1. The number of rotatable bonds is 7. The summed E-state index contributed by atoms with van der Waals surface area (Å²) in [6, 6.07) is 12.4. The van der Waals surface area contributed by atoms with Gasteiger partial charge in [-0.2, -0.15) is 4.31 Å². The molecule has 0 aliphatic carbocycles. The third-order valence-corrected chi connectivity index (χ3v) is 6.98. The summed E-state index contributed by atoms with van der Waals surface area (Å²) >= 11 is 0. The molecule has 0 unspecified atom stereocenters. The van der Waals surface area contributed by atoms with Crippen molar-refractivity contribution in [3.63, 3.8) is 0 Å². The van der Waals surface area contributed by atoms with Gasteiger partial charge in [0.25, 0.3) is 0 Å². The summed E-state index contributed by atoms with van der Waals surface area (Å²) in [7, 11) is -3.59. The number of sulfonamides is 1. The van der Waals surface area contributed by atoms with Crippen LogP contribution in [0.1, 0.15) is 37.3 Å². The molecule has 1 N–H and O–H groups in total. The van der Waals surface area contributed by atoms with Crippen LogP contribution in [0, 0.1) is 6.92 Å². The molecule has 1 aliphatic heterocycles. The van der Waals surface area contributed by atoms with Crippen molar-refractivity contribution < 1.29 is 17.9 Å². The third kappa shape index (κ3) is 5.16. The Morgan fingerprint density at radius 1 is 1.10 bits per heavy atom. The van der Waals surface area contributed by atoms with Gasteiger partial charge in [-0.3, -0.25) is 4.79 Å². The van der Waals surface area contributed by atoms with Crippen LogP contribution in [-0.2, 0) is 21.2 Å². The Morgan fingerprint density at radius 3 is 2.52 bits per heavy atom. The summed E-state index contributed by atoms with van der Waals surface area (Å²) in [5.41, 5.74) is 2.35. The van der Waals surface area contributed by atoms with E-state index in [9.17, 15) is 13.2 Å². The number of hydrogen-bond acceptors (Lipinski definition) is 4. The first-order valence-electron chi connectivity index (χ1n) is 10.0. The molecule has 1 amide bonds. The molecule has 6 nitrogen and oxygen atoms in total. The van der Waals surface area contributed by atoms with Crippen LogP contribution in [0.4, 0.5) is 5.69 Å². The first-order valence-corrected chi connectivity index (χ1v) is 11.5. The van der Waals surface area contributed by atoms with E-state index >= 15 is 0 Å². The van der Waals surface area contributed by atoms with Crippen LogP contribution in [0.15, 0.2) is 47.4 Å². The van der Waals surface area contributed by atoms with Crippen LogP contribution in [0.2, 0.25) is 0 Å². The predicted octanol–water partition coefficient (Wildman–Crippen LogP) is 3.75. The lowest BCUT2D eigenvalue weighted by Crippen LogP contribution is -2.35. The minimum atomic E-state index is -3.59. The second-order valence-corrected chi connectivity index (χ2v) is 9.15. The zero-order chi connectivity index (χ0) is 20.9. The van der Waals surface area contributed by atoms with Gasteiger partial charge >= 0.3 is 0 Å². The van der Waals surface area contributed by atoms with Gasteiger partial charge < -0.3 is 10.1 Å². The first-order chi connectivity index (χ1) is 13.9. The minimum Gasteiger partial charge on any atom is -0.492 e. The van der Waals surface area contributed by atoms with Gasteiger partial charge in [-0.05, 0) is 56.0 Å².